The van der Waals surface area contributed by atoms with Gasteiger partial charge >= 0.3 is 0 Å². The highest BCUT2D eigenvalue weighted by Crippen LogP contribution is 2.08. The van der Waals surface area contributed by atoms with E-state index in [-0.39, 0.29) is 5.25 Å². The van der Waals surface area contributed by atoms with Gasteiger partial charge in [-0.1, -0.05) is 20.3 Å². The lowest BCUT2D eigenvalue weighted by atomic mass is 10.1. The molecule has 0 heterocycles. The zero-order valence-corrected chi connectivity index (χ0v) is 11.9. The van der Waals surface area contributed by atoms with Crippen molar-refractivity contribution in [2.75, 3.05) is 12.3 Å². The smallest absolute Gasteiger partial charge is 0.152 e. The molecule has 0 spiro atoms. The van der Waals surface area contributed by atoms with E-state index in [0.717, 1.165) is 32.2 Å². The highest BCUT2D eigenvalue weighted by molar-refractivity contribution is 7.91. The van der Waals surface area contributed by atoms with E-state index in [4.69, 9.17) is 0 Å². The molecule has 0 aromatic carbocycles. The van der Waals surface area contributed by atoms with Gasteiger partial charge in [-0.25, -0.2) is 8.42 Å². The maximum Gasteiger partial charge on any atom is 0.152 e. The van der Waals surface area contributed by atoms with E-state index in [0.29, 0.717) is 11.8 Å². The Kier molecular flexibility index (Phi) is 8.02. The summed E-state index contributed by atoms with van der Waals surface area (Å²) in [5.74, 6) is 0.341. The second-order valence-corrected chi connectivity index (χ2v) is 7.25. The summed E-state index contributed by atoms with van der Waals surface area (Å²) < 4.78 is 23.1. The minimum absolute atomic E-state index is 0.233. The first kappa shape index (κ1) is 15.9. The molecule has 0 saturated heterocycles. The Bertz CT molecular complexity index is 260. The third-order valence-corrected chi connectivity index (χ3v) is 5.23. The molecule has 0 aromatic rings. The molecular weight excluding hydrogens is 222 g/mol. The average molecular weight is 249 g/mol. The van der Waals surface area contributed by atoms with Crippen molar-refractivity contribution in [1.29, 1.82) is 0 Å². The van der Waals surface area contributed by atoms with Crippen molar-refractivity contribution < 1.29 is 8.42 Å². The van der Waals surface area contributed by atoms with E-state index < -0.39 is 9.84 Å². The van der Waals surface area contributed by atoms with Crippen molar-refractivity contribution in [2.24, 2.45) is 0 Å². The first-order valence-electron chi connectivity index (χ1n) is 6.39. The fraction of sp³-hybridized carbons (Fsp3) is 1.00. The molecular formula is C12H27NO2S. The van der Waals surface area contributed by atoms with Crippen LogP contribution in [0.25, 0.3) is 0 Å². The van der Waals surface area contributed by atoms with Gasteiger partial charge in [-0.3, -0.25) is 0 Å². The summed E-state index contributed by atoms with van der Waals surface area (Å²) in [6.07, 6.45) is 3.99. The minimum atomic E-state index is -2.84. The van der Waals surface area contributed by atoms with Crippen LogP contribution in [0.5, 0.6) is 0 Å². The maximum absolute atomic E-state index is 11.6. The Morgan fingerprint density at radius 1 is 1.12 bits per heavy atom. The lowest BCUT2D eigenvalue weighted by Gasteiger charge is -2.15. The van der Waals surface area contributed by atoms with Crippen molar-refractivity contribution >= 4 is 9.84 Å². The molecule has 0 aliphatic carbocycles. The molecule has 0 saturated carbocycles. The third-order valence-electron chi connectivity index (χ3n) is 2.94. The highest BCUT2D eigenvalue weighted by Gasteiger charge is 2.15. The molecule has 0 aliphatic rings. The van der Waals surface area contributed by atoms with Crippen LogP contribution in [0.2, 0.25) is 0 Å². The summed E-state index contributed by atoms with van der Waals surface area (Å²) in [6.45, 7) is 8.76. The molecule has 0 aliphatic heterocycles. The first-order valence-corrected chi connectivity index (χ1v) is 8.10. The van der Waals surface area contributed by atoms with Gasteiger partial charge in [0.25, 0.3) is 0 Å². The van der Waals surface area contributed by atoms with E-state index in [2.05, 4.69) is 19.2 Å². The highest BCUT2D eigenvalue weighted by atomic mass is 32.2. The van der Waals surface area contributed by atoms with Gasteiger partial charge in [0.1, 0.15) is 0 Å². The van der Waals surface area contributed by atoms with Crippen molar-refractivity contribution in [3.63, 3.8) is 0 Å². The first-order chi connectivity index (χ1) is 7.44. The lowest BCUT2D eigenvalue weighted by Crippen LogP contribution is -2.28. The fourth-order valence-electron chi connectivity index (χ4n) is 1.67. The van der Waals surface area contributed by atoms with Gasteiger partial charge in [0.05, 0.1) is 11.0 Å². The standard InChI is InChI=1S/C12H27NO2S/c1-5-12(13-6-2)9-7-8-10-16(14,15)11(3)4/h11-13H,5-10H2,1-4H3. The third kappa shape index (κ3) is 6.48. The summed E-state index contributed by atoms with van der Waals surface area (Å²) in [6, 6.07) is 0.548. The Balaban J connectivity index is 3.75. The number of hydrogen-bond acceptors (Lipinski definition) is 3. The summed E-state index contributed by atoms with van der Waals surface area (Å²) in [4.78, 5) is 0. The van der Waals surface area contributed by atoms with Crippen LogP contribution in [0.1, 0.15) is 53.4 Å². The molecule has 0 fully saturated rings. The number of unbranched alkanes of at least 4 members (excludes halogenated alkanes) is 1. The summed E-state index contributed by atoms with van der Waals surface area (Å²) in [5, 5.41) is 3.17. The Morgan fingerprint density at radius 3 is 2.19 bits per heavy atom. The summed E-state index contributed by atoms with van der Waals surface area (Å²) in [7, 11) is -2.84. The molecule has 16 heavy (non-hydrogen) atoms. The van der Waals surface area contributed by atoms with Crippen LogP contribution in [0.15, 0.2) is 0 Å². The molecule has 98 valence electrons. The van der Waals surface area contributed by atoms with Crippen LogP contribution in [0.4, 0.5) is 0 Å². The van der Waals surface area contributed by atoms with E-state index in [1.54, 1.807) is 13.8 Å². The quantitative estimate of drug-likeness (QED) is 0.638. The second kappa shape index (κ2) is 8.07. The number of nitrogens with one attached hydrogen (secondary N) is 1. The molecule has 4 heteroatoms. The Hall–Kier alpha value is -0.0900. The van der Waals surface area contributed by atoms with Gasteiger partial charge in [-0.15, -0.1) is 0 Å². The largest absolute Gasteiger partial charge is 0.314 e. The maximum atomic E-state index is 11.6. The fourth-order valence-corrected chi connectivity index (χ4v) is 2.75. The molecule has 0 amide bonds. The SMILES string of the molecule is CCNC(CC)CCCCS(=O)(=O)C(C)C. The monoisotopic (exact) mass is 249 g/mol. The van der Waals surface area contributed by atoms with Crippen LogP contribution >= 0.6 is 0 Å². The number of sulfone groups is 1. The van der Waals surface area contributed by atoms with Crippen LogP contribution in [0, 0.1) is 0 Å². The number of rotatable bonds is 9. The predicted molar refractivity (Wildman–Crippen MR) is 70.5 cm³/mol. The molecule has 3 nitrogen and oxygen atoms in total. The molecule has 0 aromatic heterocycles. The van der Waals surface area contributed by atoms with E-state index in [1.165, 1.54) is 0 Å². The van der Waals surface area contributed by atoms with Crippen LogP contribution in [-0.4, -0.2) is 32.0 Å². The average Bonchev–Trinajstić information content (AvgIpc) is 2.22. The molecule has 0 radical (unpaired) electrons. The molecule has 1 unspecified atom stereocenters. The van der Waals surface area contributed by atoms with Crippen LogP contribution < -0.4 is 5.32 Å². The van der Waals surface area contributed by atoms with E-state index in [1.807, 2.05) is 0 Å². The van der Waals surface area contributed by atoms with Crippen LogP contribution in [-0.2, 0) is 9.84 Å². The topological polar surface area (TPSA) is 46.2 Å². The van der Waals surface area contributed by atoms with Gasteiger partial charge in [-0.05, 0) is 39.7 Å². The van der Waals surface area contributed by atoms with E-state index >= 15 is 0 Å². The molecule has 1 atom stereocenters. The second-order valence-electron chi connectivity index (χ2n) is 4.57. The lowest BCUT2D eigenvalue weighted by molar-refractivity contribution is 0.463. The van der Waals surface area contributed by atoms with Crippen molar-refractivity contribution in [3.05, 3.63) is 0 Å². The summed E-state index contributed by atoms with van der Waals surface area (Å²) >= 11 is 0. The van der Waals surface area contributed by atoms with Crippen molar-refractivity contribution in [3.8, 4) is 0 Å². The normalized spacial score (nSPS) is 14.3. The van der Waals surface area contributed by atoms with Gasteiger partial charge in [-0.2, -0.15) is 0 Å². The van der Waals surface area contributed by atoms with Crippen LogP contribution in [0.3, 0.4) is 0 Å². The Morgan fingerprint density at radius 2 is 1.75 bits per heavy atom. The zero-order valence-electron chi connectivity index (χ0n) is 11.1. The minimum Gasteiger partial charge on any atom is -0.314 e. The van der Waals surface area contributed by atoms with Gasteiger partial charge in [0.2, 0.25) is 0 Å². The molecule has 0 bridgehead atoms. The van der Waals surface area contributed by atoms with Crippen molar-refractivity contribution in [2.45, 2.75) is 64.7 Å². The summed E-state index contributed by atoms with van der Waals surface area (Å²) in [5.41, 5.74) is 0. The number of hydrogen-bond donors (Lipinski definition) is 1. The van der Waals surface area contributed by atoms with E-state index in [9.17, 15) is 8.42 Å². The van der Waals surface area contributed by atoms with Gasteiger partial charge in [0, 0.05) is 6.04 Å². The molecule has 1 N–H and O–H groups in total. The predicted octanol–water partition coefficient (Wildman–Crippen LogP) is 2.37. The van der Waals surface area contributed by atoms with Gasteiger partial charge < -0.3 is 5.32 Å². The van der Waals surface area contributed by atoms with Crippen molar-refractivity contribution in [1.82, 2.24) is 5.32 Å². The van der Waals surface area contributed by atoms with Gasteiger partial charge in [0.15, 0.2) is 9.84 Å². The zero-order chi connectivity index (χ0) is 12.6. The molecule has 0 rings (SSSR count). The Labute approximate surface area is 101 Å².